The van der Waals surface area contributed by atoms with E-state index in [9.17, 15) is 4.79 Å². The number of ether oxygens (including phenoxy) is 1. The van der Waals surface area contributed by atoms with Gasteiger partial charge in [0.05, 0.1) is 12.5 Å². The van der Waals surface area contributed by atoms with Crippen LogP contribution in [0.2, 0.25) is 0 Å². The van der Waals surface area contributed by atoms with Crippen molar-refractivity contribution in [2.24, 2.45) is 0 Å². The summed E-state index contributed by atoms with van der Waals surface area (Å²) in [6, 6.07) is 0. The van der Waals surface area contributed by atoms with Crippen LogP contribution in [0.4, 0.5) is 0 Å². The lowest BCUT2D eigenvalue weighted by atomic mass is 10.1. The van der Waals surface area contributed by atoms with Gasteiger partial charge in [-0.2, -0.15) is 0 Å². The van der Waals surface area contributed by atoms with Crippen LogP contribution in [0.3, 0.4) is 0 Å². The van der Waals surface area contributed by atoms with Crippen LogP contribution in [0, 0.1) is 0 Å². The van der Waals surface area contributed by atoms with E-state index in [0.717, 1.165) is 39.3 Å². The summed E-state index contributed by atoms with van der Waals surface area (Å²) in [5.41, 5.74) is 0. The largest absolute Gasteiger partial charge is 0.481 e. The van der Waals surface area contributed by atoms with E-state index in [1.54, 1.807) is 0 Å². The van der Waals surface area contributed by atoms with Gasteiger partial charge < -0.3 is 19.6 Å². The van der Waals surface area contributed by atoms with Crippen molar-refractivity contribution in [3.05, 3.63) is 0 Å². The summed E-state index contributed by atoms with van der Waals surface area (Å²) < 4.78 is 5.63. The van der Waals surface area contributed by atoms with Crippen molar-refractivity contribution in [3.8, 4) is 0 Å². The summed E-state index contributed by atoms with van der Waals surface area (Å²) in [4.78, 5) is 15.3. The molecule has 0 aromatic rings. The predicted octanol–water partition coefficient (Wildman–Crippen LogP) is 1.04. The maximum absolute atomic E-state index is 10.5. The van der Waals surface area contributed by atoms with Crippen molar-refractivity contribution < 1.29 is 14.6 Å². The molecule has 19 heavy (non-hydrogen) atoms. The Morgan fingerprint density at radius 1 is 1.16 bits per heavy atom. The highest BCUT2D eigenvalue weighted by molar-refractivity contribution is 5.66. The predicted molar refractivity (Wildman–Crippen MR) is 73.3 cm³/mol. The second kappa shape index (κ2) is 7.82. The third-order valence-corrected chi connectivity index (χ3v) is 4.13. The molecule has 2 heterocycles. The van der Waals surface area contributed by atoms with E-state index in [2.05, 4.69) is 9.80 Å². The first-order valence-electron chi connectivity index (χ1n) is 7.52. The molecule has 0 amide bonds. The molecule has 110 valence electrons. The minimum absolute atomic E-state index is 0.263. The van der Waals surface area contributed by atoms with Crippen molar-refractivity contribution in [2.75, 3.05) is 45.9 Å². The quantitative estimate of drug-likeness (QED) is 0.749. The highest BCUT2D eigenvalue weighted by Crippen LogP contribution is 2.17. The second-order valence-electron chi connectivity index (χ2n) is 5.60. The average molecular weight is 270 g/mol. The molecule has 0 aromatic heterocycles. The normalized spacial score (nSPS) is 25.8. The Labute approximate surface area is 115 Å². The van der Waals surface area contributed by atoms with Crippen LogP contribution in [0.25, 0.3) is 0 Å². The van der Waals surface area contributed by atoms with Crippen molar-refractivity contribution in [1.29, 1.82) is 0 Å². The molecular formula is C14H26N2O3. The zero-order chi connectivity index (χ0) is 13.5. The smallest absolute Gasteiger partial charge is 0.304 e. The van der Waals surface area contributed by atoms with Gasteiger partial charge in [-0.05, 0) is 32.2 Å². The van der Waals surface area contributed by atoms with Gasteiger partial charge in [0.2, 0.25) is 0 Å². The third kappa shape index (κ3) is 5.47. The van der Waals surface area contributed by atoms with Crippen molar-refractivity contribution in [2.45, 2.75) is 38.2 Å². The van der Waals surface area contributed by atoms with Gasteiger partial charge >= 0.3 is 5.97 Å². The molecule has 2 aliphatic rings. The lowest BCUT2D eigenvalue weighted by molar-refractivity contribution is -0.137. The first-order valence-corrected chi connectivity index (χ1v) is 7.52. The van der Waals surface area contributed by atoms with Gasteiger partial charge in [-0.15, -0.1) is 0 Å². The van der Waals surface area contributed by atoms with E-state index >= 15 is 0 Å². The Kier molecular flexibility index (Phi) is 6.07. The molecule has 0 spiro atoms. The summed E-state index contributed by atoms with van der Waals surface area (Å²) in [6.45, 7) is 6.97. The summed E-state index contributed by atoms with van der Waals surface area (Å²) in [7, 11) is 0. The molecule has 5 nitrogen and oxygen atoms in total. The number of hydrogen-bond acceptors (Lipinski definition) is 4. The molecule has 0 bridgehead atoms. The van der Waals surface area contributed by atoms with Crippen molar-refractivity contribution >= 4 is 5.97 Å². The molecule has 2 saturated heterocycles. The Morgan fingerprint density at radius 3 is 2.42 bits per heavy atom. The minimum Gasteiger partial charge on any atom is -0.481 e. The average Bonchev–Trinajstić information content (AvgIpc) is 2.91. The fourth-order valence-electron chi connectivity index (χ4n) is 2.90. The van der Waals surface area contributed by atoms with Crippen LogP contribution in [0.5, 0.6) is 0 Å². The molecule has 0 aliphatic carbocycles. The van der Waals surface area contributed by atoms with Gasteiger partial charge in [0.25, 0.3) is 0 Å². The minimum atomic E-state index is -0.695. The zero-order valence-electron chi connectivity index (χ0n) is 11.7. The van der Waals surface area contributed by atoms with E-state index in [4.69, 9.17) is 9.84 Å². The lowest BCUT2D eigenvalue weighted by Gasteiger charge is -2.34. The monoisotopic (exact) mass is 270 g/mol. The van der Waals surface area contributed by atoms with Gasteiger partial charge in [-0.1, -0.05) is 0 Å². The second-order valence-corrected chi connectivity index (χ2v) is 5.60. The zero-order valence-corrected chi connectivity index (χ0v) is 11.7. The number of carboxylic acid groups (broad SMARTS) is 1. The van der Waals surface area contributed by atoms with Gasteiger partial charge in [0, 0.05) is 39.3 Å². The van der Waals surface area contributed by atoms with Crippen LogP contribution in [0.1, 0.15) is 32.1 Å². The van der Waals surface area contributed by atoms with Crippen LogP contribution < -0.4 is 0 Å². The number of piperazine rings is 1. The number of hydrogen-bond donors (Lipinski definition) is 1. The molecule has 0 aromatic carbocycles. The SMILES string of the molecule is O=C(O)CCN1CCN(CCCC2CCCO2)CC1. The third-order valence-electron chi connectivity index (χ3n) is 4.13. The highest BCUT2D eigenvalue weighted by Gasteiger charge is 2.18. The molecule has 2 rings (SSSR count). The van der Waals surface area contributed by atoms with Crippen LogP contribution in [0.15, 0.2) is 0 Å². The van der Waals surface area contributed by atoms with Gasteiger partial charge in [0.1, 0.15) is 0 Å². The Balaban J connectivity index is 1.52. The topological polar surface area (TPSA) is 53.0 Å². The number of rotatable bonds is 7. The first kappa shape index (κ1) is 14.8. The molecule has 1 unspecified atom stereocenters. The van der Waals surface area contributed by atoms with Crippen molar-refractivity contribution in [1.82, 2.24) is 9.80 Å². The fraction of sp³-hybridized carbons (Fsp3) is 0.929. The lowest BCUT2D eigenvalue weighted by Crippen LogP contribution is -2.47. The summed E-state index contributed by atoms with van der Waals surface area (Å²) in [5, 5.41) is 8.67. The Morgan fingerprint density at radius 2 is 1.84 bits per heavy atom. The Bertz CT molecular complexity index is 272. The van der Waals surface area contributed by atoms with Gasteiger partial charge in [0.15, 0.2) is 0 Å². The van der Waals surface area contributed by atoms with E-state index < -0.39 is 5.97 Å². The summed E-state index contributed by atoms with van der Waals surface area (Å²) >= 11 is 0. The molecular weight excluding hydrogens is 244 g/mol. The first-order chi connectivity index (χ1) is 9.24. The molecule has 0 radical (unpaired) electrons. The molecule has 2 fully saturated rings. The number of carbonyl (C=O) groups is 1. The number of nitrogens with zero attached hydrogens (tertiary/aromatic N) is 2. The molecule has 0 saturated carbocycles. The fourth-order valence-corrected chi connectivity index (χ4v) is 2.90. The molecule has 5 heteroatoms. The molecule has 1 atom stereocenters. The summed E-state index contributed by atoms with van der Waals surface area (Å²) in [6.07, 6.45) is 5.66. The van der Waals surface area contributed by atoms with Crippen molar-refractivity contribution in [3.63, 3.8) is 0 Å². The Hall–Kier alpha value is -0.650. The van der Waals surface area contributed by atoms with Crippen LogP contribution in [-0.2, 0) is 9.53 Å². The maximum Gasteiger partial charge on any atom is 0.304 e. The van der Waals surface area contributed by atoms with E-state index in [-0.39, 0.29) is 6.42 Å². The number of carboxylic acids is 1. The summed E-state index contributed by atoms with van der Waals surface area (Å²) in [5.74, 6) is -0.695. The van der Waals surface area contributed by atoms with Crippen LogP contribution >= 0.6 is 0 Å². The van der Waals surface area contributed by atoms with E-state index in [1.165, 1.54) is 25.7 Å². The molecule has 2 aliphatic heterocycles. The van der Waals surface area contributed by atoms with E-state index in [0.29, 0.717) is 12.6 Å². The van der Waals surface area contributed by atoms with Crippen LogP contribution in [-0.4, -0.2) is 72.9 Å². The van der Waals surface area contributed by atoms with Gasteiger partial charge in [-0.25, -0.2) is 0 Å². The highest BCUT2D eigenvalue weighted by atomic mass is 16.5. The number of aliphatic carboxylic acids is 1. The standard InChI is InChI=1S/C14H26N2O3/c17-14(18)5-7-16-10-8-15(9-11-16)6-1-3-13-4-2-12-19-13/h13H,1-12H2,(H,17,18). The van der Waals surface area contributed by atoms with Gasteiger partial charge in [-0.3, -0.25) is 4.79 Å². The molecule has 1 N–H and O–H groups in total. The van der Waals surface area contributed by atoms with E-state index in [1.807, 2.05) is 0 Å². The maximum atomic E-state index is 10.5.